The summed E-state index contributed by atoms with van der Waals surface area (Å²) >= 11 is 0. The molecule has 3 heterocycles. The van der Waals surface area contributed by atoms with Gasteiger partial charge in [-0.2, -0.15) is 5.10 Å². The molecule has 0 unspecified atom stereocenters. The topological polar surface area (TPSA) is 67.2 Å². The van der Waals surface area contributed by atoms with Gasteiger partial charge in [-0.3, -0.25) is 4.79 Å². The zero-order valence-electron chi connectivity index (χ0n) is 16.1. The van der Waals surface area contributed by atoms with Gasteiger partial charge < -0.3 is 9.80 Å². The molecule has 0 aliphatic carbocycles. The molecular weight excluding hydrogens is 328 g/mol. The van der Waals surface area contributed by atoms with Gasteiger partial charge in [0.15, 0.2) is 11.6 Å². The molecule has 1 fully saturated rings. The maximum Gasteiger partial charge on any atom is 0.225 e. The van der Waals surface area contributed by atoms with E-state index >= 15 is 0 Å². The second-order valence-corrected chi connectivity index (χ2v) is 6.91. The van der Waals surface area contributed by atoms with Gasteiger partial charge in [0.25, 0.3) is 0 Å². The second kappa shape index (κ2) is 7.85. The maximum absolute atomic E-state index is 12.5. The van der Waals surface area contributed by atoms with Crippen LogP contribution in [0.4, 0.5) is 5.82 Å². The average molecular weight is 356 g/mol. The summed E-state index contributed by atoms with van der Waals surface area (Å²) in [4.78, 5) is 16.7. The van der Waals surface area contributed by atoms with Crippen molar-refractivity contribution in [3.63, 3.8) is 0 Å². The van der Waals surface area contributed by atoms with E-state index in [1.165, 1.54) is 0 Å². The molecule has 1 saturated heterocycles. The van der Waals surface area contributed by atoms with E-state index in [4.69, 9.17) is 0 Å². The van der Waals surface area contributed by atoms with E-state index in [2.05, 4.69) is 34.0 Å². The molecule has 2 aromatic heterocycles. The number of hydrogen-bond donors (Lipinski definition) is 0. The molecule has 3 rings (SSSR count). The zero-order chi connectivity index (χ0) is 18.7. The van der Waals surface area contributed by atoms with Crippen molar-refractivity contribution in [1.82, 2.24) is 24.9 Å². The van der Waals surface area contributed by atoms with Crippen LogP contribution in [0.2, 0.25) is 0 Å². The number of rotatable bonds is 5. The number of nitrogens with zero attached hydrogens (tertiary/aromatic N) is 6. The van der Waals surface area contributed by atoms with Crippen molar-refractivity contribution < 1.29 is 4.79 Å². The molecule has 0 atom stereocenters. The minimum Gasteiger partial charge on any atom is -0.352 e. The first-order chi connectivity index (χ1) is 12.5. The first-order valence-electron chi connectivity index (χ1n) is 9.44. The summed E-state index contributed by atoms with van der Waals surface area (Å²) in [5.74, 6) is 2.02. The van der Waals surface area contributed by atoms with Crippen LogP contribution in [-0.4, -0.2) is 57.0 Å². The number of amides is 1. The highest BCUT2D eigenvalue weighted by Gasteiger charge is 2.26. The number of carbonyl (C=O) groups excluding carboxylic acids is 1. The predicted molar refractivity (Wildman–Crippen MR) is 101 cm³/mol. The Hall–Kier alpha value is -2.44. The molecule has 7 heteroatoms. The number of aromatic nitrogens is 4. The van der Waals surface area contributed by atoms with Crippen molar-refractivity contribution in [2.45, 2.75) is 40.5 Å². The first kappa shape index (κ1) is 18.4. The Kier molecular flexibility index (Phi) is 5.54. The molecule has 0 saturated carbocycles. The van der Waals surface area contributed by atoms with Gasteiger partial charge in [-0.15, -0.1) is 10.2 Å². The maximum atomic E-state index is 12.5. The van der Waals surface area contributed by atoms with Crippen molar-refractivity contribution in [3.8, 4) is 5.82 Å². The number of carbonyl (C=O) groups is 1. The fourth-order valence-corrected chi connectivity index (χ4v) is 3.51. The quantitative estimate of drug-likeness (QED) is 0.823. The molecule has 1 aliphatic heterocycles. The van der Waals surface area contributed by atoms with Crippen LogP contribution >= 0.6 is 0 Å². The highest BCUT2D eigenvalue weighted by molar-refractivity contribution is 5.79. The van der Waals surface area contributed by atoms with Gasteiger partial charge in [-0.25, -0.2) is 4.68 Å². The standard InChI is InChI=1S/C19H28N6O/c1-5-16(6-2)19(26)24-11-9-23(10-12-24)17-7-8-18(21-20-17)25-15(4)13-14(3)22-25/h7-8,13,16H,5-6,9-12H2,1-4H3. The number of anilines is 1. The van der Waals surface area contributed by atoms with Crippen LogP contribution in [0.1, 0.15) is 38.1 Å². The Balaban J connectivity index is 1.63. The third-order valence-corrected chi connectivity index (χ3v) is 5.11. The Morgan fingerprint density at radius 2 is 1.65 bits per heavy atom. The van der Waals surface area contributed by atoms with Gasteiger partial charge in [-0.1, -0.05) is 13.8 Å². The highest BCUT2D eigenvalue weighted by atomic mass is 16.2. The van der Waals surface area contributed by atoms with Crippen molar-refractivity contribution in [2.24, 2.45) is 5.92 Å². The molecule has 1 aliphatic rings. The Morgan fingerprint density at radius 3 is 2.15 bits per heavy atom. The lowest BCUT2D eigenvalue weighted by molar-refractivity contribution is -0.136. The van der Waals surface area contributed by atoms with Gasteiger partial charge in [0.2, 0.25) is 5.91 Å². The van der Waals surface area contributed by atoms with Crippen LogP contribution in [0.25, 0.3) is 5.82 Å². The number of hydrogen-bond acceptors (Lipinski definition) is 5. The Labute approximate surface area is 155 Å². The van der Waals surface area contributed by atoms with Gasteiger partial charge in [0.05, 0.1) is 5.69 Å². The lowest BCUT2D eigenvalue weighted by Gasteiger charge is -2.36. The average Bonchev–Trinajstić information content (AvgIpc) is 3.01. The monoisotopic (exact) mass is 356 g/mol. The van der Waals surface area contributed by atoms with Crippen LogP contribution < -0.4 is 4.90 Å². The lowest BCUT2D eigenvalue weighted by atomic mass is 10.0. The molecule has 0 bridgehead atoms. The summed E-state index contributed by atoms with van der Waals surface area (Å²) in [5, 5.41) is 13.2. The van der Waals surface area contributed by atoms with Crippen molar-refractivity contribution in [2.75, 3.05) is 31.1 Å². The van der Waals surface area contributed by atoms with Crippen molar-refractivity contribution in [1.29, 1.82) is 0 Å². The summed E-state index contributed by atoms with van der Waals surface area (Å²) in [6, 6.07) is 5.95. The summed E-state index contributed by atoms with van der Waals surface area (Å²) < 4.78 is 1.80. The Bertz CT molecular complexity index is 742. The molecule has 7 nitrogen and oxygen atoms in total. The van der Waals surface area contributed by atoms with Crippen LogP contribution in [0.3, 0.4) is 0 Å². The molecule has 0 aromatic carbocycles. The largest absolute Gasteiger partial charge is 0.352 e. The summed E-state index contributed by atoms with van der Waals surface area (Å²) in [6.45, 7) is 11.2. The minimum absolute atomic E-state index is 0.154. The summed E-state index contributed by atoms with van der Waals surface area (Å²) in [6.07, 6.45) is 1.82. The fraction of sp³-hybridized carbons (Fsp3) is 0.579. The second-order valence-electron chi connectivity index (χ2n) is 6.91. The molecule has 26 heavy (non-hydrogen) atoms. The molecule has 1 amide bonds. The van der Waals surface area contributed by atoms with Crippen LogP contribution in [0.15, 0.2) is 18.2 Å². The van der Waals surface area contributed by atoms with E-state index in [0.717, 1.165) is 62.0 Å². The third kappa shape index (κ3) is 3.71. The van der Waals surface area contributed by atoms with Gasteiger partial charge in [-0.05, 0) is 44.9 Å². The normalized spacial score (nSPS) is 15.0. The van der Waals surface area contributed by atoms with Crippen LogP contribution in [0.5, 0.6) is 0 Å². The van der Waals surface area contributed by atoms with E-state index in [-0.39, 0.29) is 5.92 Å². The smallest absolute Gasteiger partial charge is 0.225 e. The van der Waals surface area contributed by atoms with Crippen molar-refractivity contribution >= 4 is 11.7 Å². The van der Waals surface area contributed by atoms with Crippen LogP contribution in [0, 0.1) is 19.8 Å². The first-order valence-corrected chi connectivity index (χ1v) is 9.44. The summed E-state index contributed by atoms with van der Waals surface area (Å²) in [5.41, 5.74) is 2.00. The number of aryl methyl sites for hydroxylation is 2. The van der Waals surface area contributed by atoms with E-state index in [1.54, 1.807) is 4.68 Å². The predicted octanol–water partition coefficient (Wildman–Crippen LogP) is 2.36. The SMILES string of the molecule is CCC(CC)C(=O)N1CCN(c2ccc(-n3nc(C)cc3C)nn2)CC1. The zero-order valence-corrected chi connectivity index (χ0v) is 16.1. The van der Waals surface area contributed by atoms with Gasteiger partial charge >= 0.3 is 0 Å². The lowest BCUT2D eigenvalue weighted by Crippen LogP contribution is -2.50. The molecule has 0 radical (unpaired) electrons. The fourth-order valence-electron chi connectivity index (χ4n) is 3.51. The van der Waals surface area contributed by atoms with Crippen molar-refractivity contribution in [3.05, 3.63) is 29.6 Å². The number of piperazine rings is 1. The van der Waals surface area contributed by atoms with E-state index in [1.807, 2.05) is 36.9 Å². The highest BCUT2D eigenvalue weighted by Crippen LogP contribution is 2.18. The molecule has 140 valence electrons. The molecular formula is C19H28N6O. The minimum atomic E-state index is 0.154. The Morgan fingerprint density at radius 1 is 1.04 bits per heavy atom. The third-order valence-electron chi connectivity index (χ3n) is 5.11. The molecule has 0 N–H and O–H groups in total. The van der Waals surface area contributed by atoms with E-state index < -0.39 is 0 Å². The van der Waals surface area contributed by atoms with E-state index in [9.17, 15) is 4.79 Å². The van der Waals surface area contributed by atoms with E-state index in [0.29, 0.717) is 5.91 Å². The van der Waals surface area contributed by atoms with Gasteiger partial charge in [0, 0.05) is 37.8 Å². The molecule has 0 spiro atoms. The van der Waals surface area contributed by atoms with Crippen LogP contribution in [-0.2, 0) is 4.79 Å². The summed E-state index contributed by atoms with van der Waals surface area (Å²) in [7, 11) is 0. The molecule has 2 aromatic rings. The van der Waals surface area contributed by atoms with Gasteiger partial charge in [0.1, 0.15) is 0 Å².